The lowest BCUT2D eigenvalue weighted by atomic mass is 9.69. The number of fused-ring (bicyclic) bond motifs is 1. The van der Waals surface area contributed by atoms with Crippen molar-refractivity contribution in [2.24, 2.45) is 5.92 Å². The number of thiophene rings is 1. The van der Waals surface area contributed by atoms with Crippen LogP contribution in [0.5, 0.6) is 5.75 Å². The Morgan fingerprint density at radius 2 is 1.80 bits per heavy atom. The summed E-state index contributed by atoms with van der Waals surface area (Å²) in [7, 11) is 0. The van der Waals surface area contributed by atoms with E-state index in [9.17, 15) is 20.1 Å². The van der Waals surface area contributed by atoms with Crippen LogP contribution in [0.15, 0.2) is 82.1 Å². The molecular weight excluding hydrogens is 576 g/mol. The zero-order valence-electron chi connectivity index (χ0n) is 24.5. The van der Waals surface area contributed by atoms with Crippen molar-refractivity contribution < 1.29 is 19.7 Å². The number of oxazole rings is 1. The summed E-state index contributed by atoms with van der Waals surface area (Å²) < 4.78 is 6.10. The average Bonchev–Trinajstić information content (AvgIpc) is 3.67. The van der Waals surface area contributed by atoms with Gasteiger partial charge < -0.3 is 35.4 Å². The normalized spacial score (nSPS) is 15.7. The van der Waals surface area contributed by atoms with Gasteiger partial charge in [0, 0.05) is 59.7 Å². The molecule has 1 saturated carbocycles. The summed E-state index contributed by atoms with van der Waals surface area (Å²) in [4.78, 5) is 21.3. The van der Waals surface area contributed by atoms with Crippen LogP contribution in [0.1, 0.15) is 57.9 Å². The molecule has 3 heterocycles. The molecule has 2 unspecified atom stereocenters. The number of H-pyrrole nitrogens is 1. The largest absolute Gasteiger partial charge is 0.506 e. The van der Waals surface area contributed by atoms with Crippen LogP contribution in [0.25, 0.3) is 10.9 Å². The molecular formula is C34H38N4O5S. The number of aromatic amines is 1. The van der Waals surface area contributed by atoms with Gasteiger partial charge in [0.1, 0.15) is 11.5 Å². The first-order chi connectivity index (χ1) is 21.4. The molecule has 6 rings (SSSR count). The van der Waals surface area contributed by atoms with Gasteiger partial charge in [-0.05, 0) is 54.7 Å². The first-order valence-corrected chi connectivity index (χ1v) is 16.0. The van der Waals surface area contributed by atoms with E-state index < -0.39 is 11.7 Å². The van der Waals surface area contributed by atoms with E-state index in [1.807, 2.05) is 30.3 Å². The summed E-state index contributed by atoms with van der Waals surface area (Å²) in [6.07, 6.45) is 5.52. The Kier molecular flexibility index (Phi) is 9.25. The van der Waals surface area contributed by atoms with Crippen molar-refractivity contribution in [2.75, 3.05) is 19.6 Å². The number of pyridine rings is 1. The molecule has 2 atom stereocenters. The molecule has 0 aliphatic heterocycles. The number of aliphatic hydroxyl groups is 2. The van der Waals surface area contributed by atoms with Crippen molar-refractivity contribution in [1.82, 2.24) is 20.6 Å². The second-order valence-electron chi connectivity index (χ2n) is 11.4. The van der Waals surface area contributed by atoms with Gasteiger partial charge in [-0.15, -0.1) is 11.3 Å². The number of phenolic OH excluding ortho intramolecular Hbond substituents is 1. The number of nitrogens with one attached hydrogen (secondary N) is 3. The van der Waals surface area contributed by atoms with E-state index >= 15 is 0 Å². The van der Waals surface area contributed by atoms with Gasteiger partial charge in [-0.3, -0.25) is 4.79 Å². The van der Waals surface area contributed by atoms with Crippen molar-refractivity contribution in [3.63, 3.8) is 0 Å². The maximum absolute atomic E-state index is 11.7. The molecule has 0 radical (unpaired) electrons. The van der Waals surface area contributed by atoms with Crippen LogP contribution in [0.4, 0.5) is 0 Å². The van der Waals surface area contributed by atoms with Gasteiger partial charge >= 0.3 is 0 Å². The fraction of sp³-hybridized carbons (Fsp3) is 0.353. The maximum Gasteiger partial charge on any atom is 0.248 e. The molecule has 0 amide bonds. The van der Waals surface area contributed by atoms with Crippen molar-refractivity contribution in [3.8, 4) is 5.75 Å². The molecule has 1 aliphatic rings. The smallest absolute Gasteiger partial charge is 0.248 e. The van der Waals surface area contributed by atoms with E-state index in [2.05, 4.69) is 32.7 Å². The topological polar surface area (TPSA) is 144 Å². The minimum absolute atomic E-state index is 0.0208. The van der Waals surface area contributed by atoms with Crippen molar-refractivity contribution >= 4 is 22.2 Å². The summed E-state index contributed by atoms with van der Waals surface area (Å²) in [6.45, 7) is 2.55. The summed E-state index contributed by atoms with van der Waals surface area (Å²) in [5.74, 6) is 1.25. The number of rotatable bonds is 14. The lowest BCUT2D eigenvalue weighted by Crippen LogP contribution is -2.40. The van der Waals surface area contributed by atoms with Gasteiger partial charge in [-0.25, -0.2) is 4.98 Å². The third kappa shape index (κ3) is 6.50. The van der Waals surface area contributed by atoms with E-state index in [1.165, 1.54) is 21.9 Å². The third-order valence-electron chi connectivity index (χ3n) is 8.51. The number of hydrogen-bond acceptors (Lipinski definition) is 9. The minimum atomic E-state index is -1.19. The van der Waals surface area contributed by atoms with Crippen LogP contribution >= 0.6 is 11.3 Å². The first-order valence-electron chi connectivity index (χ1n) is 15.2. The molecule has 1 aliphatic carbocycles. The Hall–Kier alpha value is -3.80. The molecule has 6 N–H and O–H groups in total. The number of benzene rings is 2. The highest BCUT2D eigenvalue weighted by Gasteiger charge is 2.46. The average molecular weight is 615 g/mol. The number of aliphatic hydroxyl groups excluding tert-OH is 1. The second kappa shape index (κ2) is 13.5. The lowest BCUT2D eigenvalue weighted by molar-refractivity contribution is -0.0413. The molecule has 0 saturated heterocycles. The van der Waals surface area contributed by atoms with E-state index in [1.54, 1.807) is 29.7 Å². The van der Waals surface area contributed by atoms with Gasteiger partial charge in [-0.1, -0.05) is 42.8 Å². The molecule has 44 heavy (non-hydrogen) atoms. The van der Waals surface area contributed by atoms with Gasteiger partial charge in [-0.2, -0.15) is 0 Å². The fourth-order valence-electron chi connectivity index (χ4n) is 5.84. The molecule has 2 aromatic carbocycles. The number of aromatic nitrogens is 2. The molecule has 5 aromatic rings. The number of nitrogens with zero attached hydrogens (tertiary/aromatic N) is 1. The standard InChI is InChI=1S/C34H38N4O5S/c39-29-13-11-27(28-12-14-31(41)38-32(28)29)30(40)21-36-18-16-25-9-10-26(44-25)20-35-17-15-24-19-37-33(43-24)34(42,23-7-4-8-23)22-5-2-1-3-6-22/h1-3,5-6,9-14,19,23,30,35-36,39-40,42H,4,7-8,15-18,20-21H2,(H,38,41). The van der Waals surface area contributed by atoms with Crippen LogP contribution in [-0.4, -0.2) is 44.9 Å². The van der Waals surface area contributed by atoms with Crippen LogP contribution in [0.2, 0.25) is 0 Å². The Morgan fingerprint density at radius 1 is 1.00 bits per heavy atom. The first kappa shape index (κ1) is 30.2. The third-order valence-corrected chi connectivity index (χ3v) is 9.65. The number of phenols is 1. The van der Waals surface area contributed by atoms with Gasteiger partial charge in [0.25, 0.3) is 0 Å². The highest BCUT2D eigenvalue weighted by molar-refractivity contribution is 7.11. The van der Waals surface area contributed by atoms with Crippen LogP contribution in [0, 0.1) is 5.92 Å². The Balaban J connectivity index is 0.942. The molecule has 1 fully saturated rings. The summed E-state index contributed by atoms with van der Waals surface area (Å²) in [6, 6.07) is 20.2. The van der Waals surface area contributed by atoms with Gasteiger partial charge in [0.2, 0.25) is 11.4 Å². The Bertz CT molecular complexity index is 1750. The second-order valence-corrected chi connectivity index (χ2v) is 12.7. The van der Waals surface area contributed by atoms with Crippen molar-refractivity contribution in [3.05, 3.63) is 116 Å². The number of aromatic hydroxyl groups is 1. The monoisotopic (exact) mass is 614 g/mol. The van der Waals surface area contributed by atoms with Gasteiger partial charge in [0.15, 0.2) is 5.60 Å². The van der Waals surface area contributed by atoms with Crippen molar-refractivity contribution in [1.29, 1.82) is 0 Å². The molecule has 9 nitrogen and oxygen atoms in total. The van der Waals surface area contributed by atoms with Crippen LogP contribution < -0.4 is 16.2 Å². The molecule has 230 valence electrons. The zero-order chi connectivity index (χ0) is 30.5. The van der Waals surface area contributed by atoms with Gasteiger partial charge in [0.05, 0.1) is 17.8 Å². The maximum atomic E-state index is 11.7. The summed E-state index contributed by atoms with van der Waals surface area (Å²) in [5, 5.41) is 40.0. The number of hydrogen-bond donors (Lipinski definition) is 6. The highest BCUT2D eigenvalue weighted by atomic mass is 32.1. The SMILES string of the molecule is O=c1ccc2c(C(O)CNCCc3ccc(CNCCc4cnc(C(O)(c5ccccc5)C5CCC5)o4)s3)ccc(O)c2[nH]1. The van der Waals surface area contributed by atoms with E-state index in [0.29, 0.717) is 41.9 Å². The molecule has 0 bridgehead atoms. The predicted molar refractivity (Wildman–Crippen MR) is 171 cm³/mol. The molecule has 10 heteroatoms. The zero-order valence-corrected chi connectivity index (χ0v) is 25.3. The van der Waals surface area contributed by atoms with E-state index in [-0.39, 0.29) is 17.2 Å². The van der Waals surface area contributed by atoms with E-state index in [0.717, 1.165) is 50.1 Å². The highest BCUT2D eigenvalue weighted by Crippen LogP contribution is 2.46. The minimum Gasteiger partial charge on any atom is -0.506 e. The van der Waals surface area contributed by atoms with Crippen LogP contribution in [0.3, 0.4) is 0 Å². The fourth-order valence-corrected chi connectivity index (χ4v) is 6.82. The Labute approximate surface area is 259 Å². The van der Waals surface area contributed by atoms with Crippen LogP contribution in [-0.2, 0) is 25.0 Å². The Morgan fingerprint density at radius 3 is 2.59 bits per heavy atom. The molecule has 0 spiro atoms. The van der Waals surface area contributed by atoms with Crippen molar-refractivity contribution in [2.45, 2.75) is 50.4 Å². The molecule has 3 aromatic heterocycles. The quantitative estimate of drug-likeness (QED) is 0.100. The summed E-state index contributed by atoms with van der Waals surface area (Å²) >= 11 is 1.76. The predicted octanol–water partition coefficient (Wildman–Crippen LogP) is 4.52. The lowest BCUT2D eigenvalue weighted by Gasteiger charge is -2.39. The summed E-state index contributed by atoms with van der Waals surface area (Å²) in [5.41, 5.74) is 0.327. The van der Waals surface area contributed by atoms with E-state index in [4.69, 9.17) is 4.42 Å².